The topological polar surface area (TPSA) is 61.1 Å². The van der Waals surface area contributed by atoms with Crippen molar-refractivity contribution >= 4 is 11.9 Å². The van der Waals surface area contributed by atoms with Gasteiger partial charge >= 0.3 is 6.18 Å². The molecule has 1 amide bonds. The third-order valence-corrected chi connectivity index (χ3v) is 4.60. The molecule has 1 aromatic heterocycles. The average Bonchev–Trinajstić information content (AvgIpc) is 3.25. The Kier molecular flexibility index (Phi) is 6.46. The Morgan fingerprint density at radius 3 is 2.48 bits per heavy atom. The van der Waals surface area contributed by atoms with Crippen LogP contribution in [0.1, 0.15) is 28.6 Å². The number of nitrogens with zero attached hydrogens (tertiary/aromatic N) is 3. The molecule has 0 aliphatic carbocycles. The quantitative estimate of drug-likeness (QED) is 0.623. The number of guanidine groups is 1. The number of amides is 1. The minimum absolute atomic E-state index is 0.137. The molecule has 1 saturated heterocycles. The standard InChI is InChI=1S/C20H23F3N4O2/c1-2-24-19(25-14-15-5-3-6-16(13-15)20(21,22)23)27-10-8-26(9-11-27)18(28)17-7-4-12-29-17/h3-7,12-13H,2,8-11,14H2,1H3,(H,24,25). The van der Waals surface area contributed by atoms with Gasteiger partial charge in [0.1, 0.15) is 0 Å². The van der Waals surface area contributed by atoms with Gasteiger partial charge < -0.3 is 19.5 Å². The van der Waals surface area contributed by atoms with Crippen molar-refractivity contribution in [2.45, 2.75) is 19.6 Å². The second-order valence-electron chi connectivity index (χ2n) is 6.62. The molecule has 29 heavy (non-hydrogen) atoms. The monoisotopic (exact) mass is 408 g/mol. The molecule has 0 saturated carbocycles. The van der Waals surface area contributed by atoms with Gasteiger partial charge in [0.2, 0.25) is 0 Å². The van der Waals surface area contributed by atoms with Crippen molar-refractivity contribution in [1.82, 2.24) is 15.1 Å². The van der Waals surface area contributed by atoms with E-state index in [-0.39, 0.29) is 12.5 Å². The largest absolute Gasteiger partial charge is 0.459 e. The van der Waals surface area contributed by atoms with Crippen molar-refractivity contribution in [3.05, 3.63) is 59.5 Å². The van der Waals surface area contributed by atoms with E-state index in [1.807, 2.05) is 11.8 Å². The van der Waals surface area contributed by atoms with E-state index in [1.54, 1.807) is 23.1 Å². The maximum Gasteiger partial charge on any atom is 0.416 e. The van der Waals surface area contributed by atoms with Gasteiger partial charge in [0.15, 0.2) is 11.7 Å². The van der Waals surface area contributed by atoms with Gasteiger partial charge in [-0.2, -0.15) is 13.2 Å². The maximum atomic E-state index is 12.9. The van der Waals surface area contributed by atoms with Gasteiger partial charge in [0.25, 0.3) is 5.91 Å². The average molecular weight is 408 g/mol. The molecule has 1 aliphatic heterocycles. The highest BCUT2D eigenvalue weighted by Crippen LogP contribution is 2.29. The van der Waals surface area contributed by atoms with Crippen LogP contribution in [-0.4, -0.2) is 54.4 Å². The number of carbonyl (C=O) groups excluding carboxylic acids is 1. The highest BCUT2D eigenvalue weighted by molar-refractivity contribution is 5.91. The summed E-state index contributed by atoms with van der Waals surface area (Å²) in [6.45, 7) is 4.85. The SMILES string of the molecule is CCNC(=NCc1cccc(C(F)(F)F)c1)N1CCN(C(=O)c2ccco2)CC1. The van der Waals surface area contributed by atoms with Gasteiger partial charge in [-0.1, -0.05) is 12.1 Å². The molecule has 0 bridgehead atoms. The first-order chi connectivity index (χ1) is 13.9. The molecule has 0 radical (unpaired) electrons. The number of nitrogens with one attached hydrogen (secondary N) is 1. The maximum absolute atomic E-state index is 12.9. The number of carbonyl (C=O) groups is 1. The molecule has 6 nitrogen and oxygen atoms in total. The third kappa shape index (κ3) is 5.30. The summed E-state index contributed by atoms with van der Waals surface area (Å²) in [6.07, 6.45) is -2.91. The minimum atomic E-state index is -4.37. The summed E-state index contributed by atoms with van der Waals surface area (Å²) in [5.41, 5.74) is -0.192. The lowest BCUT2D eigenvalue weighted by Crippen LogP contribution is -2.53. The fraction of sp³-hybridized carbons (Fsp3) is 0.400. The fourth-order valence-electron chi connectivity index (χ4n) is 3.12. The summed E-state index contributed by atoms with van der Waals surface area (Å²) in [6, 6.07) is 8.49. The van der Waals surface area contributed by atoms with Crippen LogP contribution in [0.4, 0.5) is 13.2 Å². The Labute approximate surface area is 167 Å². The number of alkyl halides is 3. The Hall–Kier alpha value is -2.97. The Morgan fingerprint density at radius 2 is 1.86 bits per heavy atom. The molecule has 3 rings (SSSR count). The van der Waals surface area contributed by atoms with Crippen molar-refractivity contribution in [2.75, 3.05) is 32.7 Å². The normalized spacial score (nSPS) is 15.5. The van der Waals surface area contributed by atoms with Gasteiger partial charge in [0, 0.05) is 32.7 Å². The zero-order valence-corrected chi connectivity index (χ0v) is 16.1. The second-order valence-corrected chi connectivity index (χ2v) is 6.62. The molecule has 0 unspecified atom stereocenters. The van der Waals surface area contributed by atoms with Gasteiger partial charge in [-0.05, 0) is 36.8 Å². The Morgan fingerprint density at radius 1 is 1.14 bits per heavy atom. The molecule has 0 spiro atoms. The molecule has 9 heteroatoms. The molecule has 0 atom stereocenters. The van der Waals surface area contributed by atoms with E-state index in [1.165, 1.54) is 12.3 Å². The number of benzene rings is 1. The van der Waals surface area contributed by atoms with Crippen molar-refractivity contribution < 1.29 is 22.4 Å². The van der Waals surface area contributed by atoms with Crippen molar-refractivity contribution in [3.8, 4) is 0 Å². The van der Waals surface area contributed by atoms with Crippen LogP contribution < -0.4 is 5.32 Å². The zero-order valence-electron chi connectivity index (χ0n) is 16.1. The first-order valence-corrected chi connectivity index (χ1v) is 9.40. The molecule has 1 fully saturated rings. The van der Waals surface area contributed by atoms with Crippen molar-refractivity contribution in [2.24, 2.45) is 4.99 Å². The number of hydrogen-bond acceptors (Lipinski definition) is 3. The minimum Gasteiger partial charge on any atom is -0.459 e. The van der Waals surface area contributed by atoms with Crippen LogP contribution in [0, 0.1) is 0 Å². The summed E-state index contributed by atoms with van der Waals surface area (Å²) in [4.78, 5) is 20.6. The van der Waals surface area contributed by atoms with Crippen LogP contribution in [0.15, 0.2) is 52.1 Å². The van der Waals surface area contributed by atoms with E-state index in [0.717, 1.165) is 12.1 Å². The van der Waals surface area contributed by atoms with Gasteiger partial charge in [-0.15, -0.1) is 0 Å². The van der Waals surface area contributed by atoms with Crippen LogP contribution >= 0.6 is 0 Å². The van der Waals surface area contributed by atoms with E-state index in [0.29, 0.717) is 50.0 Å². The predicted octanol–water partition coefficient (Wildman–Crippen LogP) is 3.22. The summed E-state index contributed by atoms with van der Waals surface area (Å²) < 4.78 is 43.8. The number of piperazine rings is 1. The number of hydrogen-bond donors (Lipinski definition) is 1. The second kappa shape index (κ2) is 9.02. The van der Waals surface area contributed by atoms with Crippen LogP contribution in [0.2, 0.25) is 0 Å². The Bertz CT molecular complexity index is 842. The van der Waals surface area contributed by atoms with E-state index in [9.17, 15) is 18.0 Å². The number of aliphatic imine (C=N–C) groups is 1. The van der Waals surface area contributed by atoms with Crippen LogP contribution in [0.25, 0.3) is 0 Å². The first kappa shape index (κ1) is 20.8. The first-order valence-electron chi connectivity index (χ1n) is 9.40. The number of furan rings is 1. The van der Waals surface area contributed by atoms with E-state index < -0.39 is 11.7 Å². The lowest BCUT2D eigenvalue weighted by atomic mass is 10.1. The zero-order chi connectivity index (χ0) is 20.9. The highest BCUT2D eigenvalue weighted by atomic mass is 19.4. The van der Waals surface area contributed by atoms with E-state index in [2.05, 4.69) is 10.3 Å². The summed E-state index contributed by atoms with van der Waals surface area (Å²) in [5, 5.41) is 3.17. The fourth-order valence-corrected chi connectivity index (χ4v) is 3.12. The lowest BCUT2D eigenvalue weighted by molar-refractivity contribution is -0.137. The third-order valence-electron chi connectivity index (χ3n) is 4.60. The molecule has 1 aromatic carbocycles. The Balaban J connectivity index is 1.64. The molecule has 2 heterocycles. The molecule has 1 aliphatic rings. The lowest BCUT2D eigenvalue weighted by Gasteiger charge is -2.36. The molecule has 2 aromatic rings. The number of rotatable bonds is 4. The van der Waals surface area contributed by atoms with E-state index in [4.69, 9.17) is 4.42 Å². The van der Waals surface area contributed by atoms with Gasteiger partial charge in [0.05, 0.1) is 18.4 Å². The highest BCUT2D eigenvalue weighted by Gasteiger charge is 2.30. The van der Waals surface area contributed by atoms with Crippen molar-refractivity contribution in [1.29, 1.82) is 0 Å². The molecular formula is C20H23F3N4O2. The van der Waals surface area contributed by atoms with Crippen molar-refractivity contribution in [3.63, 3.8) is 0 Å². The smallest absolute Gasteiger partial charge is 0.416 e. The molecule has 1 N–H and O–H groups in total. The van der Waals surface area contributed by atoms with Crippen LogP contribution in [-0.2, 0) is 12.7 Å². The van der Waals surface area contributed by atoms with Crippen LogP contribution in [0.5, 0.6) is 0 Å². The summed E-state index contributed by atoms with van der Waals surface area (Å²) in [7, 11) is 0. The van der Waals surface area contributed by atoms with E-state index >= 15 is 0 Å². The van der Waals surface area contributed by atoms with Gasteiger partial charge in [-0.25, -0.2) is 4.99 Å². The summed E-state index contributed by atoms with van der Waals surface area (Å²) >= 11 is 0. The molecule has 156 valence electrons. The summed E-state index contributed by atoms with van der Waals surface area (Å²) in [5.74, 6) is 0.777. The van der Waals surface area contributed by atoms with Crippen LogP contribution in [0.3, 0.4) is 0 Å². The predicted molar refractivity (Wildman–Crippen MR) is 102 cm³/mol. The molecular weight excluding hydrogens is 385 g/mol. The van der Waals surface area contributed by atoms with Gasteiger partial charge in [-0.3, -0.25) is 4.79 Å². The number of halogens is 3.